The minimum absolute atomic E-state index is 0.00494. The van der Waals surface area contributed by atoms with E-state index in [1.807, 2.05) is 20.8 Å². The van der Waals surface area contributed by atoms with Gasteiger partial charge in [-0.1, -0.05) is 13.3 Å². The van der Waals surface area contributed by atoms with Crippen molar-refractivity contribution in [1.82, 2.24) is 16.0 Å². The molecule has 0 aliphatic rings. The molecule has 7 nitrogen and oxygen atoms in total. The van der Waals surface area contributed by atoms with Gasteiger partial charge in [0, 0.05) is 12.1 Å². The second-order valence-electron chi connectivity index (χ2n) is 5.09. The minimum Gasteiger partial charge on any atom is -0.481 e. The zero-order valence-electron chi connectivity index (χ0n) is 12.5. The highest BCUT2D eigenvalue weighted by molar-refractivity contribution is 5.87. The van der Waals surface area contributed by atoms with E-state index < -0.39 is 24.1 Å². The fourth-order valence-electron chi connectivity index (χ4n) is 1.68. The van der Waals surface area contributed by atoms with Crippen molar-refractivity contribution in [2.45, 2.75) is 65.1 Å². The number of carbonyl (C=O) groups is 3. The highest BCUT2D eigenvalue weighted by atomic mass is 16.4. The number of rotatable bonds is 8. The average molecular weight is 287 g/mol. The predicted octanol–water partition coefficient (Wildman–Crippen LogP) is 0.842. The van der Waals surface area contributed by atoms with E-state index in [4.69, 9.17) is 5.11 Å². The summed E-state index contributed by atoms with van der Waals surface area (Å²) < 4.78 is 0. The van der Waals surface area contributed by atoms with Gasteiger partial charge in [0.2, 0.25) is 5.91 Å². The molecule has 3 amide bonds. The molecule has 0 aromatic heterocycles. The van der Waals surface area contributed by atoms with Crippen LogP contribution in [0.2, 0.25) is 0 Å². The summed E-state index contributed by atoms with van der Waals surface area (Å²) in [4.78, 5) is 34.0. The van der Waals surface area contributed by atoms with Crippen LogP contribution in [-0.4, -0.2) is 41.1 Å². The molecule has 20 heavy (non-hydrogen) atoms. The van der Waals surface area contributed by atoms with E-state index in [1.54, 1.807) is 6.92 Å². The SMILES string of the molecule is CCCC(CC(=O)O)NC(=O)NC(C)C(=O)NC(C)C. The Morgan fingerprint density at radius 3 is 2.10 bits per heavy atom. The van der Waals surface area contributed by atoms with Crippen LogP contribution in [0.3, 0.4) is 0 Å². The third-order valence-electron chi connectivity index (χ3n) is 2.57. The Morgan fingerprint density at radius 1 is 1.05 bits per heavy atom. The van der Waals surface area contributed by atoms with Crippen LogP contribution in [0, 0.1) is 0 Å². The fraction of sp³-hybridized carbons (Fsp3) is 0.769. The van der Waals surface area contributed by atoms with Gasteiger partial charge in [0.05, 0.1) is 6.42 Å². The number of carboxylic acid groups (broad SMARTS) is 1. The van der Waals surface area contributed by atoms with Crippen molar-refractivity contribution in [2.75, 3.05) is 0 Å². The van der Waals surface area contributed by atoms with Gasteiger partial charge < -0.3 is 21.1 Å². The quantitative estimate of drug-likeness (QED) is 0.530. The molecule has 7 heteroatoms. The lowest BCUT2D eigenvalue weighted by Gasteiger charge is -2.20. The van der Waals surface area contributed by atoms with Gasteiger partial charge in [-0.05, 0) is 27.2 Å². The normalized spacial score (nSPS) is 13.4. The summed E-state index contributed by atoms with van der Waals surface area (Å²) >= 11 is 0. The highest BCUT2D eigenvalue weighted by Crippen LogP contribution is 2.01. The Morgan fingerprint density at radius 2 is 1.65 bits per heavy atom. The van der Waals surface area contributed by atoms with Gasteiger partial charge in [-0.15, -0.1) is 0 Å². The van der Waals surface area contributed by atoms with Crippen LogP contribution < -0.4 is 16.0 Å². The molecule has 0 aliphatic heterocycles. The highest BCUT2D eigenvalue weighted by Gasteiger charge is 2.19. The Balaban J connectivity index is 4.30. The lowest BCUT2D eigenvalue weighted by atomic mass is 10.1. The van der Waals surface area contributed by atoms with Crippen molar-refractivity contribution in [3.8, 4) is 0 Å². The molecule has 0 bridgehead atoms. The van der Waals surface area contributed by atoms with Gasteiger partial charge >= 0.3 is 12.0 Å². The number of carboxylic acids is 1. The van der Waals surface area contributed by atoms with E-state index in [0.717, 1.165) is 6.42 Å². The van der Waals surface area contributed by atoms with E-state index in [2.05, 4.69) is 16.0 Å². The molecular formula is C13H25N3O4. The van der Waals surface area contributed by atoms with Crippen molar-refractivity contribution in [3.63, 3.8) is 0 Å². The first-order valence-corrected chi connectivity index (χ1v) is 6.85. The third kappa shape index (κ3) is 8.34. The van der Waals surface area contributed by atoms with Crippen LogP contribution in [0.25, 0.3) is 0 Å². The number of hydrogen-bond donors (Lipinski definition) is 4. The molecule has 0 aromatic carbocycles. The van der Waals surface area contributed by atoms with Gasteiger partial charge in [-0.3, -0.25) is 9.59 Å². The summed E-state index contributed by atoms with van der Waals surface area (Å²) in [6.45, 7) is 7.14. The van der Waals surface area contributed by atoms with Crippen molar-refractivity contribution in [3.05, 3.63) is 0 Å². The molecule has 0 rings (SSSR count). The van der Waals surface area contributed by atoms with E-state index in [0.29, 0.717) is 6.42 Å². The van der Waals surface area contributed by atoms with Crippen molar-refractivity contribution in [1.29, 1.82) is 0 Å². The molecule has 0 saturated heterocycles. The maximum atomic E-state index is 11.7. The number of amides is 3. The molecule has 116 valence electrons. The molecule has 0 saturated carbocycles. The number of aliphatic carboxylic acids is 1. The monoisotopic (exact) mass is 287 g/mol. The molecule has 2 unspecified atom stereocenters. The average Bonchev–Trinajstić information content (AvgIpc) is 2.26. The maximum Gasteiger partial charge on any atom is 0.315 e. The smallest absolute Gasteiger partial charge is 0.315 e. The van der Waals surface area contributed by atoms with Gasteiger partial charge in [-0.25, -0.2) is 4.79 Å². The molecule has 0 fully saturated rings. The lowest BCUT2D eigenvalue weighted by Crippen LogP contribution is -2.51. The lowest BCUT2D eigenvalue weighted by molar-refractivity contribution is -0.137. The number of carbonyl (C=O) groups excluding carboxylic acids is 2. The Bertz CT molecular complexity index is 345. The molecular weight excluding hydrogens is 262 g/mol. The minimum atomic E-state index is -0.964. The predicted molar refractivity (Wildman–Crippen MR) is 75.4 cm³/mol. The Labute approximate surface area is 119 Å². The summed E-state index contributed by atoms with van der Waals surface area (Å²) in [6, 6.07) is -1.65. The second kappa shape index (κ2) is 9.17. The summed E-state index contributed by atoms with van der Waals surface area (Å²) in [5.74, 6) is -1.24. The van der Waals surface area contributed by atoms with Crippen molar-refractivity contribution in [2.24, 2.45) is 0 Å². The summed E-state index contributed by atoms with van der Waals surface area (Å²) in [7, 11) is 0. The van der Waals surface area contributed by atoms with Gasteiger partial charge in [0.15, 0.2) is 0 Å². The largest absolute Gasteiger partial charge is 0.481 e. The van der Waals surface area contributed by atoms with E-state index >= 15 is 0 Å². The van der Waals surface area contributed by atoms with E-state index in [9.17, 15) is 14.4 Å². The van der Waals surface area contributed by atoms with Gasteiger partial charge in [0.1, 0.15) is 6.04 Å². The zero-order valence-corrected chi connectivity index (χ0v) is 12.5. The summed E-state index contributed by atoms with van der Waals surface area (Å²) in [6.07, 6.45) is 1.21. The van der Waals surface area contributed by atoms with Crippen molar-refractivity contribution < 1.29 is 19.5 Å². The number of nitrogens with one attached hydrogen (secondary N) is 3. The van der Waals surface area contributed by atoms with Crippen molar-refractivity contribution >= 4 is 17.9 Å². The van der Waals surface area contributed by atoms with Gasteiger partial charge in [-0.2, -0.15) is 0 Å². The van der Waals surface area contributed by atoms with Crippen LogP contribution in [-0.2, 0) is 9.59 Å². The summed E-state index contributed by atoms with van der Waals surface area (Å²) in [5.41, 5.74) is 0. The molecule has 0 spiro atoms. The first-order valence-electron chi connectivity index (χ1n) is 6.85. The first-order chi connectivity index (χ1) is 9.26. The Kier molecular flexibility index (Phi) is 8.35. The standard InChI is InChI=1S/C13H25N3O4/c1-5-6-10(7-11(17)18)16-13(20)15-9(4)12(19)14-8(2)3/h8-10H,5-7H2,1-4H3,(H,14,19)(H,17,18)(H2,15,16,20). The number of hydrogen-bond acceptors (Lipinski definition) is 3. The Hall–Kier alpha value is -1.79. The van der Waals surface area contributed by atoms with Gasteiger partial charge in [0.25, 0.3) is 0 Å². The van der Waals surface area contributed by atoms with Crippen LogP contribution in [0.1, 0.15) is 47.0 Å². The molecule has 0 heterocycles. The fourth-order valence-corrected chi connectivity index (χ4v) is 1.68. The zero-order chi connectivity index (χ0) is 15.7. The van der Waals surface area contributed by atoms with Crippen LogP contribution in [0.4, 0.5) is 4.79 Å². The number of urea groups is 1. The topological polar surface area (TPSA) is 108 Å². The summed E-state index contributed by atoms with van der Waals surface area (Å²) in [5, 5.41) is 16.5. The molecule has 2 atom stereocenters. The molecule has 0 aromatic rings. The first kappa shape index (κ1) is 18.2. The third-order valence-corrected chi connectivity index (χ3v) is 2.57. The maximum absolute atomic E-state index is 11.7. The second-order valence-corrected chi connectivity index (χ2v) is 5.09. The molecule has 4 N–H and O–H groups in total. The molecule has 0 aliphatic carbocycles. The van der Waals surface area contributed by atoms with Crippen LogP contribution >= 0.6 is 0 Å². The molecule has 0 radical (unpaired) electrons. The van der Waals surface area contributed by atoms with Crippen LogP contribution in [0.5, 0.6) is 0 Å². The van der Waals surface area contributed by atoms with E-state index in [1.165, 1.54) is 0 Å². The van der Waals surface area contributed by atoms with Crippen LogP contribution in [0.15, 0.2) is 0 Å². The van der Waals surface area contributed by atoms with E-state index in [-0.39, 0.29) is 18.4 Å².